The Kier molecular flexibility index (Phi) is 3.94. The molecule has 0 atom stereocenters. The van der Waals surface area contributed by atoms with Crippen LogP contribution in [-0.4, -0.2) is 11.9 Å². The Hall–Kier alpha value is -0.700. The van der Waals surface area contributed by atoms with Crippen molar-refractivity contribution in [3.05, 3.63) is 24.3 Å². The minimum Gasteiger partial charge on any atom is -0.870 e. The molecule has 0 unspecified atom stereocenters. The molecule has 0 saturated carbocycles. The summed E-state index contributed by atoms with van der Waals surface area (Å²) in [4.78, 5) is 0. The van der Waals surface area contributed by atoms with Crippen LogP contribution >= 0.6 is 15.9 Å². The molecule has 1 aromatic carbocycles. The molecule has 1 rings (SSSR count). The number of benzene rings is 1. The normalized spacial score (nSPS) is 9.75. The van der Waals surface area contributed by atoms with E-state index in [4.69, 9.17) is 4.74 Å². The SMILES string of the molecule is [O-]c1ccccc1OCCCBr. The zero-order valence-corrected chi connectivity index (χ0v) is 8.21. The van der Waals surface area contributed by atoms with Crippen LogP contribution in [0.1, 0.15) is 6.42 Å². The van der Waals surface area contributed by atoms with Crippen molar-refractivity contribution in [3.63, 3.8) is 0 Å². The highest BCUT2D eigenvalue weighted by Crippen LogP contribution is 2.21. The molecule has 1 aromatic rings. The van der Waals surface area contributed by atoms with Gasteiger partial charge in [0.05, 0.1) is 6.61 Å². The van der Waals surface area contributed by atoms with Gasteiger partial charge in [0, 0.05) is 5.33 Å². The van der Waals surface area contributed by atoms with Crippen LogP contribution in [-0.2, 0) is 0 Å². The monoisotopic (exact) mass is 229 g/mol. The number of alkyl halides is 1. The van der Waals surface area contributed by atoms with Gasteiger partial charge < -0.3 is 9.84 Å². The molecular weight excluding hydrogens is 220 g/mol. The Balaban J connectivity index is 2.46. The number of para-hydroxylation sites is 2. The van der Waals surface area contributed by atoms with E-state index in [1.165, 1.54) is 6.07 Å². The Morgan fingerprint density at radius 3 is 2.75 bits per heavy atom. The molecule has 12 heavy (non-hydrogen) atoms. The zero-order chi connectivity index (χ0) is 8.81. The van der Waals surface area contributed by atoms with Gasteiger partial charge in [-0.25, -0.2) is 0 Å². The second-order valence-electron chi connectivity index (χ2n) is 2.34. The van der Waals surface area contributed by atoms with E-state index in [2.05, 4.69) is 15.9 Å². The predicted octanol–water partition coefficient (Wildman–Crippen LogP) is 1.92. The quantitative estimate of drug-likeness (QED) is 0.584. The highest BCUT2D eigenvalue weighted by Gasteiger charge is 1.91. The van der Waals surface area contributed by atoms with E-state index in [9.17, 15) is 5.11 Å². The van der Waals surface area contributed by atoms with E-state index in [-0.39, 0.29) is 5.75 Å². The molecule has 0 aliphatic rings. The first-order chi connectivity index (χ1) is 5.84. The minimum atomic E-state index is -0.0490. The molecule has 0 aromatic heterocycles. The lowest BCUT2D eigenvalue weighted by atomic mass is 10.3. The van der Waals surface area contributed by atoms with Crippen LogP contribution in [0.2, 0.25) is 0 Å². The summed E-state index contributed by atoms with van der Waals surface area (Å²) in [7, 11) is 0. The van der Waals surface area contributed by atoms with E-state index in [1.807, 2.05) is 0 Å². The maximum atomic E-state index is 11.1. The van der Waals surface area contributed by atoms with Gasteiger partial charge in [0.2, 0.25) is 0 Å². The van der Waals surface area contributed by atoms with E-state index >= 15 is 0 Å². The third-order valence-electron chi connectivity index (χ3n) is 1.38. The standard InChI is InChI=1S/C9H11BrO2/c10-6-3-7-12-9-5-2-1-4-8(9)11/h1-2,4-5,11H,3,6-7H2/p-1. The van der Waals surface area contributed by atoms with Crippen molar-refractivity contribution >= 4 is 15.9 Å². The third-order valence-corrected chi connectivity index (χ3v) is 1.95. The summed E-state index contributed by atoms with van der Waals surface area (Å²) in [6, 6.07) is 6.70. The molecule has 0 amide bonds. The van der Waals surface area contributed by atoms with Gasteiger partial charge in [-0.15, -0.1) is 0 Å². The van der Waals surface area contributed by atoms with Crippen molar-refractivity contribution in [2.75, 3.05) is 11.9 Å². The molecule has 0 radical (unpaired) electrons. The van der Waals surface area contributed by atoms with Crippen LogP contribution in [0.4, 0.5) is 0 Å². The van der Waals surface area contributed by atoms with Crippen molar-refractivity contribution in [1.82, 2.24) is 0 Å². The summed E-state index contributed by atoms with van der Waals surface area (Å²) in [6.45, 7) is 0.588. The van der Waals surface area contributed by atoms with Gasteiger partial charge in [0.1, 0.15) is 5.75 Å². The van der Waals surface area contributed by atoms with Crippen LogP contribution < -0.4 is 9.84 Å². The van der Waals surface area contributed by atoms with Gasteiger partial charge in [-0.3, -0.25) is 0 Å². The summed E-state index contributed by atoms with van der Waals surface area (Å²) in [6.07, 6.45) is 0.911. The van der Waals surface area contributed by atoms with Crippen LogP contribution in [0.15, 0.2) is 24.3 Å². The highest BCUT2D eigenvalue weighted by atomic mass is 79.9. The second-order valence-corrected chi connectivity index (χ2v) is 3.13. The highest BCUT2D eigenvalue weighted by molar-refractivity contribution is 9.09. The van der Waals surface area contributed by atoms with Crippen molar-refractivity contribution in [1.29, 1.82) is 0 Å². The first kappa shape index (κ1) is 9.39. The topological polar surface area (TPSA) is 32.3 Å². The van der Waals surface area contributed by atoms with Gasteiger partial charge in [-0.2, -0.15) is 0 Å². The Bertz CT molecular complexity index is 238. The van der Waals surface area contributed by atoms with Gasteiger partial charge in [-0.05, 0) is 12.5 Å². The number of ether oxygens (including phenoxy) is 1. The van der Waals surface area contributed by atoms with Crippen LogP contribution in [0, 0.1) is 0 Å². The van der Waals surface area contributed by atoms with E-state index < -0.39 is 0 Å². The summed E-state index contributed by atoms with van der Waals surface area (Å²) in [5.41, 5.74) is 0. The van der Waals surface area contributed by atoms with Crippen molar-refractivity contribution in [3.8, 4) is 11.5 Å². The molecule has 0 bridgehead atoms. The Labute approximate surface area is 80.3 Å². The lowest BCUT2D eigenvalue weighted by molar-refractivity contribution is -0.270. The molecule has 2 nitrogen and oxygen atoms in total. The van der Waals surface area contributed by atoms with Gasteiger partial charge in [0.15, 0.2) is 0 Å². The molecular formula is C9H10BrO2-. The van der Waals surface area contributed by atoms with E-state index in [0.717, 1.165) is 11.8 Å². The Morgan fingerprint density at radius 1 is 1.33 bits per heavy atom. The molecule has 0 aliphatic heterocycles. The number of halogens is 1. The van der Waals surface area contributed by atoms with E-state index in [0.29, 0.717) is 12.4 Å². The first-order valence-corrected chi connectivity index (χ1v) is 4.91. The van der Waals surface area contributed by atoms with Crippen LogP contribution in [0.3, 0.4) is 0 Å². The molecule has 0 aliphatic carbocycles. The first-order valence-electron chi connectivity index (χ1n) is 3.79. The predicted molar refractivity (Wildman–Crippen MR) is 49.8 cm³/mol. The summed E-state index contributed by atoms with van der Waals surface area (Å²) in [5.74, 6) is 0.394. The fourth-order valence-electron chi connectivity index (χ4n) is 0.806. The maximum Gasteiger partial charge on any atom is 0.111 e. The molecule has 66 valence electrons. The molecule has 0 N–H and O–H groups in total. The van der Waals surface area contributed by atoms with Crippen molar-refractivity contribution < 1.29 is 9.84 Å². The summed E-state index contributed by atoms with van der Waals surface area (Å²) >= 11 is 3.28. The fourth-order valence-corrected chi connectivity index (χ4v) is 1.04. The molecule has 0 fully saturated rings. The maximum absolute atomic E-state index is 11.1. The average molecular weight is 230 g/mol. The van der Waals surface area contributed by atoms with E-state index in [1.54, 1.807) is 18.2 Å². The van der Waals surface area contributed by atoms with Crippen LogP contribution in [0.5, 0.6) is 11.5 Å². The zero-order valence-electron chi connectivity index (χ0n) is 6.63. The van der Waals surface area contributed by atoms with Gasteiger partial charge in [-0.1, -0.05) is 39.9 Å². The fraction of sp³-hybridized carbons (Fsp3) is 0.333. The van der Waals surface area contributed by atoms with Crippen molar-refractivity contribution in [2.45, 2.75) is 6.42 Å². The molecule has 3 heteroatoms. The molecule has 0 heterocycles. The largest absolute Gasteiger partial charge is 0.870 e. The minimum absolute atomic E-state index is 0.0490. The smallest absolute Gasteiger partial charge is 0.111 e. The average Bonchev–Trinajstić information content (AvgIpc) is 2.09. The number of hydrogen-bond donors (Lipinski definition) is 0. The summed E-state index contributed by atoms with van der Waals surface area (Å²) < 4.78 is 5.23. The van der Waals surface area contributed by atoms with Crippen LogP contribution in [0.25, 0.3) is 0 Å². The van der Waals surface area contributed by atoms with Gasteiger partial charge in [0.25, 0.3) is 0 Å². The Morgan fingerprint density at radius 2 is 2.08 bits per heavy atom. The molecule has 0 spiro atoms. The second kappa shape index (κ2) is 5.04. The number of hydrogen-bond acceptors (Lipinski definition) is 2. The molecule has 0 saturated heterocycles. The number of rotatable bonds is 4. The van der Waals surface area contributed by atoms with Crippen molar-refractivity contribution in [2.24, 2.45) is 0 Å². The lowest BCUT2D eigenvalue weighted by Gasteiger charge is -2.13. The summed E-state index contributed by atoms with van der Waals surface area (Å²) in [5, 5.41) is 12.0. The lowest BCUT2D eigenvalue weighted by Crippen LogP contribution is -2.01. The third kappa shape index (κ3) is 2.74. The van der Waals surface area contributed by atoms with Gasteiger partial charge >= 0.3 is 0 Å².